The van der Waals surface area contributed by atoms with Crippen molar-refractivity contribution in [3.05, 3.63) is 63.4 Å². The molecule has 0 aliphatic rings. The van der Waals surface area contributed by atoms with Gasteiger partial charge in [-0.05, 0) is 24.3 Å². The first kappa shape index (κ1) is 14.1. The lowest BCUT2D eigenvalue weighted by Gasteiger charge is -2.15. The van der Waals surface area contributed by atoms with Crippen LogP contribution in [0.15, 0.2) is 36.4 Å². The minimum atomic E-state index is -0.263. The topological polar surface area (TPSA) is 39.7 Å². The Hall–Kier alpha value is -1.29. The standard InChI is InChI=1S/C14H12Cl2FNO/c15-11-5-10(14(19)13(16)6-11)8-18-7-9-2-1-3-12(17)4-9/h1-6,18-19H,7-8H2. The van der Waals surface area contributed by atoms with E-state index in [0.717, 1.165) is 5.56 Å². The monoisotopic (exact) mass is 299 g/mol. The smallest absolute Gasteiger partial charge is 0.123 e. The lowest BCUT2D eigenvalue weighted by atomic mass is 10.2. The van der Waals surface area contributed by atoms with Gasteiger partial charge in [-0.1, -0.05) is 41.1 Å². The van der Waals surface area contributed by atoms with Crippen molar-refractivity contribution < 1.29 is 14.8 Å². The molecule has 2 nitrogen and oxygen atoms in total. The summed E-state index contributed by atoms with van der Waals surface area (Å²) in [4.78, 5) is 0. The van der Waals surface area contributed by atoms with Gasteiger partial charge in [0.15, 0.2) is 0 Å². The maximum absolute atomic E-state index is 13.0. The van der Waals surface area contributed by atoms with Crippen LogP contribution in [0.4, 0.5) is 4.39 Å². The van der Waals surface area contributed by atoms with Crippen LogP contribution in [0.1, 0.15) is 11.1 Å². The van der Waals surface area contributed by atoms with Crippen molar-refractivity contribution in [2.45, 2.75) is 13.1 Å². The van der Waals surface area contributed by atoms with Gasteiger partial charge in [0.2, 0.25) is 0 Å². The van der Waals surface area contributed by atoms with E-state index in [1.807, 2.05) is 11.4 Å². The molecule has 0 atom stereocenters. The van der Waals surface area contributed by atoms with Gasteiger partial charge < -0.3 is 10.4 Å². The number of quaternary nitrogens is 1. The van der Waals surface area contributed by atoms with Gasteiger partial charge in [0, 0.05) is 21.2 Å². The van der Waals surface area contributed by atoms with E-state index in [-0.39, 0.29) is 16.6 Å². The molecule has 0 aliphatic carbocycles. The van der Waals surface area contributed by atoms with E-state index in [9.17, 15) is 9.50 Å². The van der Waals surface area contributed by atoms with Crippen molar-refractivity contribution in [2.24, 2.45) is 0 Å². The van der Waals surface area contributed by atoms with Crippen molar-refractivity contribution in [1.29, 1.82) is 0 Å². The first-order chi connectivity index (χ1) is 9.06. The Morgan fingerprint density at radius 1 is 1.11 bits per heavy atom. The number of halogens is 3. The van der Waals surface area contributed by atoms with Crippen LogP contribution in [0.25, 0.3) is 0 Å². The van der Waals surface area contributed by atoms with Gasteiger partial charge in [0.25, 0.3) is 0 Å². The molecule has 0 heterocycles. The number of hydrogen-bond donors (Lipinski definition) is 1. The van der Waals surface area contributed by atoms with Gasteiger partial charge in [-0.3, -0.25) is 0 Å². The van der Waals surface area contributed by atoms with Crippen LogP contribution in [0.5, 0.6) is 5.75 Å². The van der Waals surface area contributed by atoms with E-state index in [1.54, 1.807) is 12.1 Å². The maximum Gasteiger partial charge on any atom is 0.123 e. The molecule has 2 aromatic rings. The quantitative estimate of drug-likeness (QED) is 0.925. The molecule has 0 aromatic heterocycles. The fraction of sp³-hybridized carbons (Fsp3) is 0.143. The predicted octanol–water partition coefficient (Wildman–Crippen LogP) is 2.47. The molecule has 19 heavy (non-hydrogen) atoms. The van der Waals surface area contributed by atoms with Crippen LogP contribution in [-0.4, -0.2) is 0 Å². The summed E-state index contributed by atoms with van der Waals surface area (Å²) in [6.07, 6.45) is 0. The van der Waals surface area contributed by atoms with Crippen molar-refractivity contribution >= 4 is 23.2 Å². The van der Waals surface area contributed by atoms with Crippen LogP contribution < -0.4 is 10.4 Å². The summed E-state index contributed by atoms with van der Waals surface area (Å²) in [6, 6.07) is 9.41. The third-order valence-electron chi connectivity index (χ3n) is 2.72. The van der Waals surface area contributed by atoms with Gasteiger partial charge in [-0.15, -0.1) is 0 Å². The maximum atomic E-state index is 13.0. The van der Waals surface area contributed by atoms with Crippen molar-refractivity contribution in [3.8, 4) is 5.75 Å². The molecule has 2 N–H and O–H groups in total. The minimum absolute atomic E-state index is 0.127. The third kappa shape index (κ3) is 3.83. The Labute approximate surface area is 120 Å². The first-order valence-electron chi connectivity index (χ1n) is 5.77. The second kappa shape index (κ2) is 6.24. The number of nitrogens with two attached hydrogens (primary N) is 1. The van der Waals surface area contributed by atoms with Gasteiger partial charge in [0.05, 0.1) is 0 Å². The summed E-state index contributed by atoms with van der Waals surface area (Å²) in [5, 5.41) is 14.2. The van der Waals surface area contributed by atoms with E-state index in [4.69, 9.17) is 23.2 Å². The third-order valence-corrected chi connectivity index (χ3v) is 3.22. The molecule has 0 amide bonds. The molecule has 0 spiro atoms. The zero-order valence-corrected chi connectivity index (χ0v) is 11.5. The molecule has 2 rings (SSSR count). The summed E-state index contributed by atoms with van der Waals surface area (Å²) in [7, 11) is 0. The highest BCUT2D eigenvalue weighted by atomic mass is 35.5. The highest BCUT2D eigenvalue weighted by Gasteiger charge is 2.04. The van der Waals surface area contributed by atoms with Crippen LogP contribution in [-0.2, 0) is 13.1 Å². The fourth-order valence-electron chi connectivity index (χ4n) is 1.82. The average Bonchev–Trinajstić information content (AvgIpc) is 2.35. The summed E-state index contributed by atoms with van der Waals surface area (Å²) < 4.78 is 13.0. The molecular weight excluding hydrogens is 288 g/mol. The Balaban J connectivity index is 2.00. The van der Waals surface area contributed by atoms with Crippen LogP contribution in [0.3, 0.4) is 0 Å². The van der Waals surface area contributed by atoms with E-state index in [2.05, 4.69) is 0 Å². The van der Waals surface area contributed by atoms with Crippen molar-refractivity contribution in [2.75, 3.05) is 0 Å². The predicted molar refractivity (Wildman–Crippen MR) is 71.6 cm³/mol. The van der Waals surface area contributed by atoms with E-state index in [1.165, 1.54) is 18.2 Å². The average molecular weight is 300 g/mol. The molecule has 0 saturated heterocycles. The highest BCUT2D eigenvalue weighted by Crippen LogP contribution is 2.28. The molecule has 2 aromatic carbocycles. The van der Waals surface area contributed by atoms with Crippen LogP contribution in [0, 0.1) is 5.82 Å². The zero-order chi connectivity index (χ0) is 13.8. The molecule has 0 unspecified atom stereocenters. The van der Waals surface area contributed by atoms with Crippen molar-refractivity contribution in [1.82, 2.24) is 0 Å². The molecule has 0 bridgehead atoms. The Kier molecular flexibility index (Phi) is 4.64. The lowest BCUT2D eigenvalue weighted by Crippen LogP contribution is -2.80. The second-order valence-corrected chi connectivity index (χ2v) is 5.05. The van der Waals surface area contributed by atoms with Crippen molar-refractivity contribution in [3.63, 3.8) is 0 Å². The van der Waals surface area contributed by atoms with E-state index in [0.29, 0.717) is 23.7 Å². The second-order valence-electron chi connectivity index (χ2n) is 4.20. The molecule has 0 saturated carbocycles. The van der Waals surface area contributed by atoms with Crippen LogP contribution in [0.2, 0.25) is 10.0 Å². The summed E-state index contributed by atoms with van der Waals surface area (Å²) in [5.74, 6) is -0.470. The van der Waals surface area contributed by atoms with Crippen LogP contribution >= 0.6 is 23.2 Å². The largest absolute Gasteiger partial charge is 0.871 e. The molecule has 0 radical (unpaired) electrons. The van der Waals surface area contributed by atoms with Gasteiger partial charge >= 0.3 is 0 Å². The van der Waals surface area contributed by atoms with Gasteiger partial charge in [0.1, 0.15) is 18.9 Å². The highest BCUT2D eigenvalue weighted by molar-refractivity contribution is 6.35. The van der Waals surface area contributed by atoms with Gasteiger partial charge in [-0.2, -0.15) is 0 Å². The number of benzene rings is 2. The summed E-state index contributed by atoms with van der Waals surface area (Å²) >= 11 is 11.6. The fourth-order valence-corrected chi connectivity index (χ4v) is 2.36. The Morgan fingerprint density at radius 3 is 2.63 bits per heavy atom. The molecule has 5 heteroatoms. The normalized spacial score (nSPS) is 10.7. The molecular formula is C14H12Cl2FNO. The first-order valence-corrected chi connectivity index (χ1v) is 6.53. The zero-order valence-electron chi connectivity index (χ0n) is 10.00. The number of rotatable bonds is 4. The molecule has 0 aliphatic heterocycles. The summed E-state index contributed by atoms with van der Waals surface area (Å²) in [5.41, 5.74) is 1.41. The number of hydrogen-bond acceptors (Lipinski definition) is 1. The minimum Gasteiger partial charge on any atom is -0.871 e. The molecule has 0 fully saturated rings. The van der Waals surface area contributed by atoms with Gasteiger partial charge in [-0.25, -0.2) is 4.39 Å². The molecule has 100 valence electrons. The van der Waals surface area contributed by atoms with E-state index < -0.39 is 0 Å². The van der Waals surface area contributed by atoms with E-state index >= 15 is 0 Å². The summed E-state index contributed by atoms with van der Waals surface area (Å²) in [6.45, 7) is 1.04. The Morgan fingerprint density at radius 2 is 1.89 bits per heavy atom. The lowest BCUT2D eigenvalue weighted by molar-refractivity contribution is -0.686. The SMILES string of the molecule is [O-]c1c(Cl)cc(Cl)cc1C[NH2+]Cc1cccc(F)c1. The Bertz CT molecular complexity index is 590.